The lowest BCUT2D eigenvalue weighted by Crippen LogP contribution is -2.27. The second kappa shape index (κ2) is 4.94. The van der Waals surface area contributed by atoms with E-state index in [0.717, 1.165) is 29.5 Å². The van der Waals surface area contributed by atoms with Gasteiger partial charge in [0.2, 0.25) is 0 Å². The summed E-state index contributed by atoms with van der Waals surface area (Å²) >= 11 is 2.51. The third-order valence-electron chi connectivity index (χ3n) is 2.50. The molecule has 1 unspecified atom stereocenters. The number of alkyl halides is 1. The van der Waals surface area contributed by atoms with Gasteiger partial charge < -0.3 is 9.47 Å². The molecule has 0 bridgehead atoms. The van der Waals surface area contributed by atoms with Crippen LogP contribution in [0.1, 0.15) is 33.6 Å². The van der Waals surface area contributed by atoms with Crippen LogP contribution in [0.4, 0.5) is 0 Å². The molecule has 1 aliphatic rings. The van der Waals surface area contributed by atoms with Crippen LogP contribution in [0.15, 0.2) is 0 Å². The van der Waals surface area contributed by atoms with Gasteiger partial charge in [-0.2, -0.15) is 0 Å². The minimum atomic E-state index is -0.293. The normalized spacial score (nSPS) is 23.8. The maximum Gasteiger partial charge on any atom is 0.165 e. The van der Waals surface area contributed by atoms with E-state index in [4.69, 9.17) is 9.47 Å². The molecule has 2 nitrogen and oxygen atoms in total. The highest BCUT2D eigenvalue weighted by atomic mass is 127. The van der Waals surface area contributed by atoms with E-state index >= 15 is 0 Å². The first-order valence-corrected chi connectivity index (χ1v) is 6.20. The van der Waals surface area contributed by atoms with E-state index in [1.54, 1.807) is 0 Å². The summed E-state index contributed by atoms with van der Waals surface area (Å²) in [4.78, 5) is 0. The molecule has 1 fully saturated rings. The van der Waals surface area contributed by atoms with Crippen molar-refractivity contribution in [2.24, 2.45) is 5.92 Å². The molecule has 0 amide bonds. The molecule has 1 rings (SSSR count). The lowest BCUT2D eigenvalue weighted by Gasteiger charge is -2.24. The Morgan fingerprint density at radius 1 is 1.31 bits per heavy atom. The highest BCUT2D eigenvalue weighted by Crippen LogP contribution is 2.28. The Morgan fingerprint density at radius 3 is 2.31 bits per heavy atom. The molecule has 3 heteroatoms. The van der Waals surface area contributed by atoms with Gasteiger partial charge in [-0.3, -0.25) is 0 Å². The van der Waals surface area contributed by atoms with Crippen LogP contribution in [0.5, 0.6) is 0 Å². The third kappa shape index (κ3) is 3.72. The molecular weight excluding hydrogens is 279 g/mol. The monoisotopic (exact) mass is 298 g/mol. The smallest absolute Gasteiger partial charge is 0.165 e. The second-order valence-corrected chi connectivity index (χ2v) is 5.73. The molecule has 0 saturated carbocycles. The van der Waals surface area contributed by atoms with Crippen LogP contribution < -0.4 is 0 Å². The van der Waals surface area contributed by atoms with Gasteiger partial charge in [-0.05, 0) is 19.3 Å². The van der Waals surface area contributed by atoms with Gasteiger partial charge in [0.1, 0.15) is 0 Å². The first-order chi connectivity index (χ1) is 6.03. The minimum absolute atomic E-state index is 0.293. The molecule has 0 spiro atoms. The average molecular weight is 298 g/mol. The molecule has 0 radical (unpaired) electrons. The van der Waals surface area contributed by atoms with Crippen molar-refractivity contribution < 1.29 is 9.47 Å². The summed E-state index contributed by atoms with van der Waals surface area (Å²) < 4.78 is 11.8. The van der Waals surface area contributed by atoms with Crippen molar-refractivity contribution in [1.82, 2.24) is 0 Å². The van der Waals surface area contributed by atoms with Gasteiger partial charge in [-0.25, -0.2) is 0 Å². The van der Waals surface area contributed by atoms with Crippen molar-refractivity contribution in [1.29, 1.82) is 0 Å². The summed E-state index contributed by atoms with van der Waals surface area (Å²) in [5, 5.41) is 0. The molecule has 0 N–H and O–H groups in total. The fourth-order valence-corrected chi connectivity index (χ4v) is 1.75. The van der Waals surface area contributed by atoms with Crippen LogP contribution in [0, 0.1) is 5.92 Å². The third-order valence-corrected chi connectivity index (χ3v) is 4.56. The number of hydrogen-bond donors (Lipinski definition) is 0. The Morgan fingerprint density at radius 2 is 1.85 bits per heavy atom. The van der Waals surface area contributed by atoms with Crippen molar-refractivity contribution in [3.05, 3.63) is 0 Å². The summed E-state index contributed by atoms with van der Waals surface area (Å²) in [7, 11) is 0. The van der Waals surface area contributed by atoms with Crippen LogP contribution in [0.2, 0.25) is 0 Å². The molecule has 0 aromatic carbocycles. The van der Waals surface area contributed by atoms with E-state index < -0.39 is 0 Å². The van der Waals surface area contributed by atoms with Crippen LogP contribution in [-0.4, -0.2) is 22.9 Å². The van der Waals surface area contributed by atoms with Gasteiger partial charge in [-0.1, -0.05) is 36.4 Å². The molecule has 0 aromatic heterocycles. The van der Waals surface area contributed by atoms with Gasteiger partial charge in [0.25, 0.3) is 0 Å². The first-order valence-electron chi connectivity index (χ1n) is 4.95. The van der Waals surface area contributed by atoms with Crippen molar-refractivity contribution in [2.75, 3.05) is 13.2 Å². The number of hydrogen-bond acceptors (Lipinski definition) is 2. The van der Waals surface area contributed by atoms with Crippen LogP contribution >= 0.6 is 22.6 Å². The predicted octanol–water partition coefficient (Wildman–Crippen LogP) is 2.99. The Hall–Kier alpha value is 0.650. The number of halogens is 1. The second-order valence-electron chi connectivity index (χ2n) is 4.13. The average Bonchev–Trinajstić information content (AvgIpc) is 2.48. The Balaban J connectivity index is 2.24. The topological polar surface area (TPSA) is 18.5 Å². The highest BCUT2D eigenvalue weighted by Gasteiger charge is 2.31. The highest BCUT2D eigenvalue weighted by molar-refractivity contribution is 14.1. The molecule has 78 valence electrons. The maximum atomic E-state index is 5.55. The van der Waals surface area contributed by atoms with Crippen molar-refractivity contribution in [2.45, 2.75) is 43.3 Å². The van der Waals surface area contributed by atoms with E-state index in [1.807, 2.05) is 6.92 Å². The van der Waals surface area contributed by atoms with E-state index in [-0.39, 0.29) is 5.79 Å². The largest absolute Gasteiger partial charge is 0.348 e. The standard InChI is InChI=1S/C10H19IO2/c1-8(2)9(11)4-5-10(3)12-6-7-13-10/h8-9H,4-7H2,1-3H3. The van der Waals surface area contributed by atoms with Crippen LogP contribution in [0.25, 0.3) is 0 Å². The Bertz CT molecular complexity index is 153. The predicted molar refractivity (Wildman–Crippen MR) is 62.2 cm³/mol. The Labute approximate surface area is 94.5 Å². The molecule has 1 heterocycles. The van der Waals surface area contributed by atoms with Gasteiger partial charge in [0.15, 0.2) is 5.79 Å². The molecule has 13 heavy (non-hydrogen) atoms. The van der Waals surface area contributed by atoms with E-state index in [1.165, 1.54) is 6.42 Å². The number of rotatable bonds is 4. The molecule has 1 atom stereocenters. The lowest BCUT2D eigenvalue weighted by atomic mass is 10.0. The summed E-state index contributed by atoms with van der Waals surface area (Å²) in [5.41, 5.74) is 0. The molecule has 0 aromatic rings. The van der Waals surface area contributed by atoms with Crippen molar-refractivity contribution >= 4 is 22.6 Å². The van der Waals surface area contributed by atoms with Gasteiger partial charge in [0.05, 0.1) is 13.2 Å². The SMILES string of the molecule is CC(C)C(I)CCC1(C)OCCO1. The van der Waals surface area contributed by atoms with Gasteiger partial charge in [-0.15, -0.1) is 0 Å². The lowest BCUT2D eigenvalue weighted by molar-refractivity contribution is -0.147. The zero-order valence-electron chi connectivity index (χ0n) is 8.68. The number of ether oxygens (including phenoxy) is 2. The van der Waals surface area contributed by atoms with E-state index in [0.29, 0.717) is 0 Å². The molecular formula is C10H19IO2. The van der Waals surface area contributed by atoms with E-state index in [9.17, 15) is 0 Å². The minimum Gasteiger partial charge on any atom is -0.348 e. The van der Waals surface area contributed by atoms with Crippen molar-refractivity contribution in [3.63, 3.8) is 0 Å². The molecule has 0 aliphatic carbocycles. The van der Waals surface area contributed by atoms with Crippen molar-refractivity contribution in [3.8, 4) is 0 Å². The van der Waals surface area contributed by atoms with Crippen LogP contribution in [0.3, 0.4) is 0 Å². The molecule has 1 saturated heterocycles. The van der Waals surface area contributed by atoms with Crippen LogP contribution in [-0.2, 0) is 9.47 Å². The first kappa shape index (κ1) is 11.7. The van der Waals surface area contributed by atoms with Gasteiger partial charge >= 0.3 is 0 Å². The maximum absolute atomic E-state index is 5.55. The summed E-state index contributed by atoms with van der Waals surface area (Å²) in [6.07, 6.45) is 2.19. The quantitative estimate of drug-likeness (QED) is 0.587. The fraction of sp³-hybridized carbons (Fsp3) is 1.00. The zero-order valence-corrected chi connectivity index (χ0v) is 10.8. The van der Waals surface area contributed by atoms with Gasteiger partial charge in [0, 0.05) is 10.3 Å². The summed E-state index contributed by atoms with van der Waals surface area (Å²) in [5.74, 6) is 0.448. The summed E-state index contributed by atoms with van der Waals surface area (Å²) in [6.45, 7) is 8.07. The summed E-state index contributed by atoms with van der Waals surface area (Å²) in [6, 6.07) is 0. The Kier molecular flexibility index (Phi) is 4.45. The molecule has 1 aliphatic heterocycles. The van der Waals surface area contributed by atoms with E-state index in [2.05, 4.69) is 36.4 Å². The fourth-order valence-electron chi connectivity index (χ4n) is 1.43. The zero-order chi connectivity index (χ0) is 9.90.